The molecule has 2 N–H and O–H groups in total. The molecule has 2 aromatic carbocycles. The predicted octanol–water partition coefficient (Wildman–Crippen LogP) is 3.98. The van der Waals surface area contributed by atoms with E-state index in [0.29, 0.717) is 10.4 Å². The highest BCUT2D eigenvalue weighted by atomic mass is 32.1. The first-order valence-corrected chi connectivity index (χ1v) is 9.38. The molecule has 0 spiro atoms. The second-order valence-corrected chi connectivity index (χ2v) is 7.05. The van der Waals surface area contributed by atoms with Crippen molar-refractivity contribution in [3.63, 3.8) is 0 Å². The van der Waals surface area contributed by atoms with Crippen LogP contribution in [-0.4, -0.2) is 17.6 Å². The fraction of sp³-hybridized carbons (Fsp3) is 0.0952. The van der Waals surface area contributed by atoms with Crippen LogP contribution in [0.5, 0.6) is 0 Å². The van der Waals surface area contributed by atoms with Crippen molar-refractivity contribution in [3.8, 4) is 10.4 Å². The van der Waals surface area contributed by atoms with E-state index in [1.54, 1.807) is 48.5 Å². The van der Waals surface area contributed by atoms with E-state index in [2.05, 4.69) is 10.9 Å². The number of thiophene rings is 1. The Balaban J connectivity index is 1.48. The van der Waals surface area contributed by atoms with Gasteiger partial charge in [-0.1, -0.05) is 42.5 Å². The van der Waals surface area contributed by atoms with Gasteiger partial charge < -0.3 is 0 Å². The number of Topliss-reactive ketones (excluding diaryl/α,β-unsaturated/α-hetero) is 1. The van der Waals surface area contributed by atoms with Crippen LogP contribution in [0.15, 0.2) is 66.7 Å². The van der Waals surface area contributed by atoms with Gasteiger partial charge >= 0.3 is 0 Å². The van der Waals surface area contributed by atoms with Gasteiger partial charge in [-0.2, -0.15) is 0 Å². The Labute approximate surface area is 165 Å². The number of hydrogen-bond acceptors (Lipinski definition) is 4. The molecule has 1 aromatic heterocycles. The summed E-state index contributed by atoms with van der Waals surface area (Å²) in [6.07, 6.45) is 0.0265. The molecule has 0 aliphatic rings. The minimum absolute atomic E-state index is 0.0285. The molecular weight excluding hydrogens is 379 g/mol. The van der Waals surface area contributed by atoms with Crippen molar-refractivity contribution in [2.75, 3.05) is 0 Å². The summed E-state index contributed by atoms with van der Waals surface area (Å²) < 4.78 is 13.0. The monoisotopic (exact) mass is 396 g/mol. The number of carbonyl (C=O) groups is 3. The maximum atomic E-state index is 13.0. The first-order chi connectivity index (χ1) is 13.5. The molecule has 0 aliphatic heterocycles. The van der Waals surface area contributed by atoms with Gasteiger partial charge in [0.2, 0.25) is 5.91 Å². The average Bonchev–Trinajstić information content (AvgIpc) is 3.21. The van der Waals surface area contributed by atoms with Gasteiger partial charge in [-0.15, -0.1) is 11.3 Å². The Morgan fingerprint density at radius 1 is 0.821 bits per heavy atom. The van der Waals surface area contributed by atoms with Crippen LogP contribution in [0, 0.1) is 5.82 Å². The zero-order valence-electron chi connectivity index (χ0n) is 14.8. The topological polar surface area (TPSA) is 75.3 Å². The number of halogens is 1. The lowest BCUT2D eigenvalue weighted by Gasteiger charge is -2.06. The van der Waals surface area contributed by atoms with Crippen molar-refractivity contribution in [2.45, 2.75) is 12.8 Å². The van der Waals surface area contributed by atoms with Crippen LogP contribution in [0.3, 0.4) is 0 Å². The Hall–Kier alpha value is -3.32. The van der Waals surface area contributed by atoms with Crippen molar-refractivity contribution in [3.05, 3.63) is 83.0 Å². The first kappa shape index (κ1) is 19.4. The van der Waals surface area contributed by atoms with Gasteiger partial charge in [-0.05, 0) is 29.8 Å². The second-order valence-electron chi connectivity index (χ2n) is 5.96. The summed E-state index contributed by atoms with van der Waals surface area (Å²) in [6, 6.07) is 18.1. The van der Waals surface area contributed by atoms with E-state index in [9.17, 15) is 18.8 Å². The molecule has 0 atom stereocenters. The predicted molar refractivity (Wildman–Crippen MR) is 105 cm³/mol. The number of carbonyl (C=O) groups excluding carboxylic acids is 3. The third-order valence-electron chi connectivity index (χ3n) is 3.95. The smallest absolute Gasteiger partial charge is 0.279 e. The fourth-order valence-corrected chi connectivity index (χ4v) is 3.38. The lowest BCUT2D eigenvalue weighted by molar-refractivity contribution is -0.121. The van der Waals surface area contributed by atoms with Crippen molar-refractivity contribution in [1.29, 1.82) is 0 Å². The van der Waals surface area contributed by atoms with Crippen LogP contribution in [-0.2, 0) is 4.79 Å². The van der Waals surface area contributed by atoms with Crippen LogP contribution < -0.4 is 10.9 Å². The number of hydrazine groups is 1. The third kappa shape index (κ3) is 5.11. The van der Waals surface area contributed by atoms with Crippen molar-refractivity contribution in [2.24, 2.45) is 0 Å². The number of hydrogen-bond donors (Lipinski definition) is 2. The summed E-state index contributed by atoms with van der Waals surface area (Å²) in [5.74, 6) is -1.37. The Morgan fingerprint density at radius 2 is 1.54 bits per heavy atom. The molecule has 0 aliphatic carbocycles. The van der Waals surface area contributed by atoms with Gasteiger partial charge in [0.1, 0.15) is 5.82 Å². The van der Waals surface area contributed by atoms with Gasteiger partial charge in [-0.3, -0.25) is 25.2 Å². The van der Waals surface area contributed by atoms with E-state index in [4.69, 9.17) is 0 Å². The summed E-state index contributed by atoms with van der Waals surface area (Å²) in [6.45, 7) is 0. The standard InChI is InChI=1S/C21H17FN2O3S/c22-16-8-6-15(7-9-16)18-11-12-19(28-18)21(27)24-23-20(26)13-10-17(25)14-4-2-1-3-5-14/h1-9,11-12H,10,13H2,(H,23,26)(H,24,27). The molecule has 0 bridgehead atoms. The van der Waals surface area contributed by atoms with Crippen LogP contribution in [0.1, 0.15) is 32.9 Å². The maximum Gasteiger partial charge on any atom is 0.279 e. The summed E-state index contributed by atoms with van der Waals surface area (Å²) in [5.41, 5.74) is 5.99. The molecule has 1 heterocycles. The molecule has 0 unspecified atom stereocenters. The highest BCUT2D eigenvalue weighted by Crippen LogP contribution is 2.28. The molecule has 0 saturated carbocycles. The van der Waals surface area contributed by atoms with Crippen molar-refractivity contribution < 1.29 is 18.8 Å². The van der Waals surface area contributed by atoms with Gasteiger partial charge in [0.05, 0.1) is 4.88 Å². The summed E-state index contributed by atoms with van der Waals surface area (Å²) in [4.78, 5) is 37.2. The Kier molecular flexibility index (Phi) is 6.29. The van der Waals surface area contributed by atoms with E-state index >= 15 is 0 Å². The zero-order valence-corrected chi connectivity index (χ0v) is 15.6. The van der Waals surface area contributed by atoms with Gasteiger partial charge in [-0.25, -0.2) is 4.39 Å². The van der Waals surface area contributed by atoms with Gasteiger partial charge in [0, 0.05) is 23.3 Å². The molecular formula is C21H17FN2O3S. The minimum Gasteiger partial charge on any atom is -0.294 e. The summed E-state index contributed by atoms with van der Waals surface area (Å²) in [5, 5.41) is 0. The van der Waals surface area contributed by atoms with Crippen molar-refractivity contribution >= 4 is 28.9 Å². The van der Waals surface area contributed by atoms with E-state index in [1.807, 2.05) is 6.07 Å². The van der Waals surface area contributed by atoms with Gasteiger partial charge in [0.25, 0.3) is 5.91 Å². The Morgan fingerprint density at radius 3 is 2.25 bits per heavy atom. The van der Waals surface area contributed by atoms with Crippen molar-refractivity contribution in [1.82, 2.24) is 10.9 Å². The molecule has 3 rings (SSSR count). The van der Waals surface area contributed by atoms with E-state index in [-0.39, 0.29) is 24.4 Å². The molecule has 0 saturated heterocycles. The molecule has 3 aromatic rings. The quantitative estimate of drug-likeness (QED) is 0.489. The highest BCUT2D eigenvalue weighted by molar-refractivity contribution is 7.17. The van der Waals surface area contributed by atoms with Crippen LogP contribution in [0.4, 0.5) is 4.39 Å². The van der Waals surface area contributed by atoms with Crippen LogP contribution >= 0.6 is 11.3 Å². The van der Waals surface area contributed by atoms with Crippen LogP contribution in [0.25, 0.3) is 10.4 Å². The summed E-state index contributed by atoms with van der Waals surface area (Å²) in [7, 11) is 0. The zero-order chi connectivity index (χ0) is 19.9. The Bertz CT molecular complexity index is 984. The van der Waals surface area contributed by atoms with Crippen LogP contribution in [0.2, 0.25) is 0 Å². The molecule has 28 heavy (non-hydrogen) atoms. The van der Waals surface area contributed by atoms with E-state index < -0.39 is 11.8 Å². The molecule has 2 amide bonds. The minimum atomic E-state index is -0.457. The summed E-state index contributed by atoms with van der Waals surface area (Å²) >= 11 is 1.23. The first-order valence-electron chi connectivity index (χ1n) is 8.56. The lowest BCUT2D eigenvalue weighted by Crippen LogP contribution is -2.41. The van der Waals surface area contributed by atoms with Gasteiger partial charge in [0.15, 0.2) is 5.78 Å². The van der Waals surface area contributed by atoms with E-state index in [0.717, 1.165) is 10.4 Å². The highest BCUT2D eigenvalue weighted by Gasteiger charge is 2.13. The second kappa shape index (κ2) is 9.05. The normalized spacial score (nSPS) is 10.3. The molecule has 7 heteroatoms. The number of rotatable bonds is 6. The number of amides is 2. The van der Waals surface area contributed by atoms with E-state index in [1.165, 1.54) is 23.5 Å². The molecule has 142 valence electrons. The fourth-order valence-electron chi connectivity index (χ4n) is 2.48. The molecule has 5 nitrogen and oxygen atoms in total. The lowest BCUT2D eigenvalue weighted by atomic mass is 10.1. The molecule has 0 fully saturated rings. The SMILES string of the molecule is O=C(CCC(=O)c1ccccc1)NNC(=O)c1ccc(-c2ccc(F)cc2)s1. The number of benzene rings is 2. The average molecular weight is 396 g/mol. The maximum absolute atomic E-state index is 13.0. The third-order valence-corrected chi connectivity index (χ3v) is 5.08. The largest absolute Gasteiger partial charge is 0.294 e. The molecule has 0 radical (unpaired) electrons. The number of ketones is 1. The number of nitrogens with one attached hydrogen (secondary N) is 2.